The molecule has 0 radical (unpaired) electrons. The summed E-state index contributed by atoms with van der Waals surface area (Å²) in [7, 11) is 3.40. The average molecular weight is 716 g/mol. The highest BCUT2D eigenvalue weighted by molar-refractivity contribution is 6.39. The van der Waals surface area contributed by atoms with Crippen LogP contribution in [0, 0.1) is 10.8 Å². The Balaban J connectivity index is 1.01. The predicted molar refractivity (Wildman–Crippen MR) is 197 cm³/mol. The van der Waals surface area contributed by atoms with Crippen molar-refractivity contribution >= 4 is 23.2 Å². The van der Waals surface area contributed by atoms with Crippen LogP contribution in [-0.4, -0.2) is 86.6 Å². The van der Waals surface area contributed by atoms with E-state index in [1.165, 1.54) is 0 Å². The minimum Gasteiger partial charge on any atom is -0.496 e. The Hall–Kier alpha value is -3.24. The molecule has 0 amide bonds. The Morgan fingerprint density at radius 1 is 0.700 bits per heavy atom. The van der Waals surface area contributed by atoms with E-state index in [0.717, 1.165) is 136 Å². The Bertz CT molecular complexity index is 1720. The van der Waals surface area contributed by atoms with E-state index in [1.807, 2.05) is 36.4 Å². The van der Waals surface area contributed by atoms with E-state index in [2.05, 4.69) is 28.0 Å². The molecule has 50 heavy (non-hydrogen) atoms. The van der Waals surface area contributed by atoms with E-state index in [0.29, 0.717) is 32.4 Å². The number of pyridine rings is 2. The van der Waals surface area contributed by atoms with Gasteiger partial charge in [0.2, 0.25) is 5.88 Å². The van der Waals surface area contributed by atoms with Gasteiger partial charge in [0, 0.05) is 116 Å². The second-order valence-electron chi connectivity index (χ2n) is 14.6. The third-order valence-electron chi connectivity index (χ3n) is 11.3. The molecule has 2 aromatic carbocycles. The molecule has 10 heteroatoms. The van der Waals surface area contributed by atoms with Gasteiger partial charge in [-0.3, -0.25) is 14.8 Å². The molecule has 6 heterocycles. The van der Waals surface area contributed by atoms with Crippen LogP contribution in [0.3, 0.4) is 0 Å². The van der Waals surface area contributed by atoms with E-state index in [1.54, 1.807) is 20.4 Å². The van der Waals surface area contributed by atoms with Crippen molar-refractivity contribution in [3.63, 3.8) is 0 Å². The molecule has 0 saturated carbocycles. The first-order valence-electron chi connectivity index (χ1n) is 17.6. The predicted octanol–water partition coefficient (Wildman–Crippen LogP) is 8.03. The third-order valence-corrected chi connectivity index (χ3v) is 12.1. The number of ether oxygens (including phenoxy) is 4. The molecule has 2 spiro atoms. The van der Waals surface area contributed by atoms with Crippen molar-refractivity contribution in [2.75, 3.05) is 66.8 Å². The first-order chi connectivity index (χ1) is 24.4. The van der Waals surface area contributed by atoms with E-state index in [4.69, 9.17) is 52.1 Å². The topological polar surface area (TPSA) is 69.2 Å². The summed E-state index contributed by atoms with van der Waals surface area (Å²) in [6.07, 6.45) is 6.38. The smallest absolute Gasteiger partial charge is 0.218 e. The van der Waals surface area contributed by atoms with Crippen molar-refractivity contribution in [1.29, 1.82) is 0 Å². The molecule has 0 unspecified atom stereocenters. The van der Waals surface area contributed by atoms with Crippen LogP contribution in [0.2, 0.25) is 10.0 Å². The minimum atomic E-state index is 0.416. The van der Waals surface area contributed by atoms with E-state index in [9.17, 15) is 0 Å². The van der Waals surface area contributed by atoms with E-state index >= 15 is 0 Å². The van der Waals surface area contributed by atoms with Crippen LogP contribution in [0.25, 0.3) is 33.6 Å². The fourth-order valence-electron chi connectivity index (χ4n) is 8.48. The fourth-order valence-corrected chi connectivity index (χ4v) is 9.13. The zero-order valence-corrected chi connectivity index (χ0v) is 30.4. The van der Waals surface area contributed by atoms with Crippen LogP contribution in [-0.2, 0) is 22.6 Å². The normalized spacial score (nSPS) is 20.0. The molecule has 4 aliphatic heterocycles. The van der Waals surface area contributed by atoms with E-state index in [-0.39, 0.29) is 0 Å². The average Bonchev–Trinajstić information content (AvgIpc) is 3.12. The lowest BCUT2D eigenvalue weighted by atomic mass is 9.73. The van der Waals surface area contributed by atoms with Gasteiger partial charge in [-0.2, -0.15) is 0 Å². The number of halogens is 2. The molecule has 4 aromatic rings. The van der Waals surface area contributed by atoms with Crippen LogP contribution in [0.15, 0.2) is 60.8 Å². The van der Waals surface area contributed by atoms with Crippen LogP contribution in [0.5, 0.6) is 11.6 Å². The maximum atomic E-state index is 7.16. The number of rotatable bonds is 9. The Morgan fingerprint density at radius 3 is 1.94 bits per heavy atom. The van der Waals surface area contributed by atoms with Crippen molar-refractivity contribution in [2.24, 2.45) is 10.8 Å². The van der Waals surface area contributed by atoms with Crippen molar-refractivity contribution in [2.45, 2.75) is 38.8 Å². The zero-order chi connectivity index (χ0) is 34.3. The van der Waals surface area contributed by atoms with Gasteiger partial charge in [-0.25, -0.2) is 4.98 Å². The fraction of sp³-hybridized carbons (Fsp3) is 0.450. The largest absolute Gasteiger partial charge is 0.496 e. The van der Waals surface area contributed by atoms with E-state index < -0.39 is 0 Å². The quantitative estimate of drug-likeness (QED) is 0.173. The maximum absolute atomic E-state index is 7.16. The number of hydrogen-bond donors (Lipinski definition) is 0. The first kappa shape index (κ1) is 33.9. The number of likely N-dealkylation sites (tertiary alicyclic amines) is 2. The number of benzene rings is 2. The van der Waals surface area contributed by atoms with Crippen LogP contribution >= 0.6 is 23.2 Å². The van der Waals surface area contributed by atoms with Crippen molar-refractivity contribution in [3.8, 4) is 45.3 Å². The van der Waals surface area contributed by atoms with Gasteiger partial charge in [-0.05, 0) is 43.9 Å². The highest BCUT2D eigenvalue weighted by atomic mass is 35.5. The summed E-state index contributed by atoms with van der Waals surface area (Å²) >= 11 is 14.3. The summed E-state index contributed by atoms with van der Waals surface area (Å²) in [6.45, 7) is 9.57. The van der Waals surface area contributed by atoms with Gasteiger partial charge in [0.15, 0.2) is 0 Å². The van der Waals surface area contributed by atoms with Crippen molar-refractivity contribution < 1.29 is 18.9 Å². The lowest BCUT2D eigenvalue weighted by Gasteiger charge is -2.52. The maximum Gasteiger partial charge on any atom is 0.218 e. The monoisotopic (exact) mass is 714 g/mol. The van der Waals surface area contributed by atoms with Gasteiger partial charge < -0.3 is 18.9 Å². The van der Waals surface area contributed by atoms with Crippen LogP contribution < -0.4 is 9.47 Å². The Kier molecular flexibility index (Phi) is 9.52. The summed E-state index contributed by atoms with van der Waals surface area (Å²) in [5.74, 6) is 1.45. The summed E-state index contributed by atoms with van der Waals surface area (Å²) in [4.78, 5) is 14.6. The van der Waals surface area contributed by atoms with Crippen LogP contribution in [0.4, 0.5) is 0 Å². The summed E-state index contributed by atoms with van der Waals surface area (Å²) in [5.41, 5.74) is 7.82. The number of aromatic nitrogens is 2. The summed E-state index contributed by atoms with van der Waals surface area (Å²) in [6, 6.07) is 18.3. The standard InChI is InChI=1S/C40H44Cl2N4O4/c1-47-34-20-27(6-7-28(34)21-45-23-39(24-45)11-16-49-17-12-39)37-36(42)31(10-15-43-37)30-4-3-5-32(35(30)41)33-9-8-29(38(44-33)48-2)22-46-25-40(26-46)13-18-50-19-14-40/h3-10,15,20H,11-14,16-19,21-26H2,1-2H3. The van der Waals surface area contributed by atoms with Gasteiger partial charge in [-0.1, -0.05) is 59.6 Å². The molecule has 8 rings (SSSR count). The number of methoxy groups -OCH3 is 2. The van der Waals surface area contributed by atoms with Gasteiger partial charge in [0.05, 0.1) is 35.7 Å². The highest BCUT2D eigenvalue weighted by Crippen LogP contribution is 2.45. The molecule has 0 bridgehead atoms. The summed E-state index contributed by atoms with van der Waals surface area (Å²) in [5, 5.41) is 1.10. The molecule has 262 valence electrons. The molecule has 0 N–H and O–H groups in total. The first-order valence-corrected chi connectivity index (χ1v) is 18.4. The lowest BCUT2D eigenvalue weighted by molar-refractivity contribution is -0.0842. The zero-order valence-electron chi connectivity index (χ0n) is 28.9. The Morgan fingerprint density at radius 2 is 1.30 bits per heavy atom. The van der Waals surface area contributed by atoms with Crippen molar-refractivity contribution in [3.05, 3.63) is 82.0 Å². The molecule has 8 nitrogen and oxygen atoms in total. The van der Waals surface area contributed by atoms with Crippen LogP contribution in [0.1, 0.15) is 36.8 Å². The molecule has 2 aromatic heterocycles. The summed E-state index contributed by atoms with van der Waals surface area (Å²) < 4.78 is 22.8. The number of nitrogens with zero attached hydrogens (tertiary/aromatic N) is 4. The molecule has 4 aliphatic rings. The van der Waals surface area contributed by atoms with Gasteiger partial charge in [-0.15, -0.1) is 0 Å². The van der Waals surface area contributed by atoms with Gasteiger partial charge in [0.25, 0.3) is 0 Å². The second kappa shape index (κ2) is 14.1. The van der Waals surface area contributed by atoms with Crippen molar-refractivity contribution in [1.82, 2.24) is 19.8 Å². The molecular formula is C40H44Cl2N4O4. The second-order valence-corrected chi connectivity index (χ2v) is 15.4. The SMILES string of the molecule is COc1cc(-c2nccc(-c3cccc(-c4ccc(CN5CC6(CCOCC6)C5)c(OC)n4)c3Cl)c2Cl)ccc1CN1CC2(CCOCC2)C1. The van der Waals surface area contributed by atoms with Gasteiger partial charge in [0.1, 0.15) is 5.75 Å². The Labute approximate surface area is 304 Å². The molecular weight excluding hydrogens is 671 g/mol. The highest BCUT2D eigenvalue weighted by Gasteiger charge is 2.44. The molecule has 4 fully saturated rings. The lowest BCUT2D eigenvalue weighted by Crippen LogP contribution is -2.57. The molecule has 0 atom stereocenters. The minimum absolute atomic E-state index is 0.416. The third kappa shape index (κ3) is 6.51. The van der Waals surface area contributed by atoms with Gasteiger partial charge >= 0.3 is 0 Å². The number of hydrogen-bond acceptors (Lipinski definition) is 8. The molecule has 0 aliphatic carbocycles. The molecule has 4 saturated heterocycles.